The van der Waals surface area contributed by atoms with E-state index in [2.05, 4.69) is 15.3 Å². The van der Waals surface area contributed by atoms with Crippen molar-refractivity contribution in [2.24, 2.45) is 5.92 Å². The molecule has 4 nitrogen and oxygen atoms in total. The number of hydrogen-bond acceptors (Lipinski definition) is 4. The van der Waals surface area contributed by atoms with E-state index in [0.29, 0.717) is 12.1 Å². The highest BCUT2D eigenvalue weighted by molar-refractivity contribution is 5.03. The average Bonchev–Trinajstić information content (AvgIpc) is 3.07. The van der Waals surface area contributed by atoms with E-state index in [1.807, 2.05) is 12.4 Å². The third kappa shape index (κ3) is 2.23. The van der Waals surface area contributed by atoms with Crippen LogP contribution in [0.3, 0.4) is 0 Å². The van der Waals surface area contributed by atoms with E-state index >= 15 is 0 Å². The first kappa shape index (κ1) is 10.2. The smallest absolute Gasteiger partial charge is 0.115 e. The Labute approximate surface area is 95.4 Å². The van der Waals surface area contributed by atoms with Gasteiger partial charge in [-0.15, -0.1) is 0 Å². The van der Waals surface area contributed by atoms with Gasteiger partial charge in [-0.1, -0.05) is 0 Å². The zero-order valence-corrected chi connectivity index (χ0v) is 9.30. The van der Waals surface area contributed by atoms with Gasteiger partial charge < -0.3 is 10.1 Å². The van der Waals surface area contributed by atoms with Crippen LogP contribution in [0.15, 0.2) is 18.7 Å². The van der Waals surface area contributed by atoms with Crippen molar-refractivity contribution in [2.75, 3.05) is 6.61 Å². The van der Waals surface area contributed by atoms with Gasteiger partial charge >= 0.3 is 0 Å². The van der Waals surface area contributed by atoms with Crippen molar-refractivity contribution in [3.8, 4) is 0 Å². The highest BCUT2D eigenvalue weighted by Gasteiger charge is 2.40. The molecule has 2 heterocycles. The highest BCUT2D eigenvalue weighted by Crippen LogP contribution is 2.38. The molecule has 1 aromatic heterocycles. The van der Waals surface area contributed by atoms with Gasteiger partial charge in [-0.3, -0.25) is 0 Å². The van der Waals surface area contributed by atoms with Crippen molar-refractivity contribution >= 4 is 0 Å². The van der Waals surface area contributed by atoms with E-state index in [0.717, 1.165) is 31.1 Å². The zero-order chi connectivity index (χ0) is 10.8. The first-order valence-corrected chi connectivity index (χ1v) is 6.02. The van der Waals surface area contributed by atoms with Crippen LogP contribution in [0.4, 0.5) is 0 Å². The van der Waals surface area contributed by atoms with Crippen molar-refractivity contribution in [1.29, 1.82) is 0 Å². The molecule has 2 atom stereocenters. The summed E-state index contributed by atoms with van der Waals surface area (Å²) in [6.07, 6.45) is 9.56. The lowest BCUT2D eigenvalue weighted by molar-refractivity contribution is 0.0808. The highest BCUT2D eigenvalue weighted by atomic mass is 16.5. The summed E-state index contributed by atoms with van der Waals surface area (Å²) in [5, 5.41) is 3.56. The monoisotopic (exact) mass is 219 g/mol. The van der Waals surface area contributed by atoms with E-state index in [1.165, 1.54) is 12.8 Å². The van der Waals surface area contributed by atoms with Crippen LogP contribution in [0.1, 0.15) is 24.8 Å². The van der Waals surface area contributed by atoms with Crippen LogP contribution < -0.4 is 5.32 Å². The summed E-state index contributed by atoms with van der Waals surface area (Å²) in [4.78, 5) is 8.03. The Morgan fingerprint density at radius 2 is 2.06 bits per heavy atom. The third-order valence-electron chi connectivity index (χ3n) is 3.40. The second-order valence-corrected chi connectivity index (χ2v) is 4.70. The van der Waals surface area contributed by atoms with Crippen molar-refractivity contribution in [2.45, 2.75) is 38.0 Å². The minimum atomic E-state index is 0.449. The summed E-state index contributed by atoms with van der Waals surface area (Å²) in [6.45, 7) is 1.75. The molecule has 0 spiro atoms. The lowest BCUT2D eigenvalue weighted by Crippen LogP contribution is -2.37. The van der Waals surface area contributed by atoms with Gasteiger partial charge in [0.1, 0.15) is 6.33 Å². The predicted octanol–water partition coefficient (Wildman–Crippen LogP) is 1.13. The Hall–Kier alpha value is -1.00. The van der Waals surface area contributed by atoms with Crippen LogP contribution in [-0.2, 0) is 11.3 Å². The van der Waals surface area contributed by atoms with Crippen LogP contribution in [-0.4, -0.2) is 28.7 Å². The van der Waals surface area contributed by atoms with Crippen molar-refractivity contribution in [3.63, 3.8) is 0 Å². The van der Waals surface area contributed by atoms with Gasteiger partial charge in [0.2, 0.25) is 0 Å². The SMILES string of the molecule is c1ncc(CNC2CCOC2C2CC2)cn1. The van der Waals surface area contributed by atoms with Crippen LogP contribution >= 0.6 is 0 Å². The topological polar surface area (TPSA) is 47.0 Å². The molecule has 1 saturated heterocycles. The summed E-state index contributed by atoms with van der Waals surface area (Å²) in [7, 11) is 0. The molecule has 0 bridgehead atoms. The molecule has 4 heteroatoms. The molecule has 1 aromatic rings. The molecule has 2 fully saturated rings. The van der Waals surface area contributed by atoms with Crippen LogP contribution in [0.25, 0.3) is 0 Å². The van der Waals surface area contributed by atoms with Crippen molar-refractivity contribution in [3.05, 3.63) is 24.3 Å². The standard InChI is InChI=1S/C12H17N3O/c1-2-10(1)12-11(3-4-16-12)15-7-9-5-13-8-14-6-9/h5-6,8,10-12,15H,1-4,7H2. The summed E-state index contributed by atoms with van der Waals surface area (Å²) in [6, 6.07) is 0.521. The molecule has 0 radical (unpaired) electrons. The zero-order valence-electron chi connectivity index (χ0n) is 9.30. The number of aromatic nitrogens is 2. The van der Waals surface area contributed by atoms with E-state index in [1.54, 1.807) is 6.33 Å². The maximum atomic E-state index is 5.78. The number of hydrogen-bond donors (Lipinski definition) is 1. The Kier molecular flexibility index (Phi) is 2.84. The third-order valence-corrected chi connectivity index (χ3v) is 3.40. The fourth-order valence-corrected chi connectivity index (χ4v) is 2.39. The molecule has 2 unspecified atom stereocenters. The van der Waals surface area contributed by atoms with E-state index in [-0.39, 0.29) is 0 Å². The van der Waals surface area contributed by atoms with Crippen LogP contribution in [0, 0.1) is 5.92 Å². The van der Waals surface area contributed by atoms with E-state index in [4.69, 9.17) is 4.74 Å². The molecular formula is C12H17N3O. The Balaban J connectivity index is 1.54. The molecule has 86 valence electrons. The van der Waals surface area contributed by atoms with Gasteiger partial charge in [0.15, 0.2) is 0 Å². The lowest BCUT2D eigenvalue weighted by atomic mass is 10.1. The van der Waals surface area contributed by atoms with Gasteiger partial charge in [-0.25, -0.2) is 9.97 Å². The van der Waals surface area contributed by atoms with Crippen LogP contribution in [0.2, 0.25) is 0 Å². The maximum Gasteiger partial charge on any atom is 0.115 e. The van der Waals surface area contributed by atoms with Gasteiger partial charge in [-0.2, -0.15) is 0 Å². The Bertz CT molecular complexity index is 339. The van der Waals surface area contributed by atoms with Gasteiger partial charge in [0, 0.05) is 37.2 Å². The fourth-order valence-electron chi connectivity index (χ4n) is 2.39. The molecule has 1 N–H and O–H groups in total. The molecule has 3 rings (SSSR count). The molecule has 1 aliphatic heterocycles. The maximum absolute atomic E-state index is 5.78. The molecule has 0 aromatic carbocycles. The first-order chi connectivity index (χ1) is 7.93. The Morgan fingerprint density at radius 3 is 2.81 bits per heavy atom. The second kappa shape index (κ2) is 4.47. The second-order valence-electron chi connectivity index (χ2n) is 4.70. The Morgan fingerprint density at radius 1 is 1.25 bits per heavy atom. The average molecular weight is 219 g/mol. The largest absolute Gasteiger partial charge is 0.376 e. The molecule has 2 aliphatic rings. The fraction of sp³-hybridized carbons (Fsp3) is 0.667. The summed E-state index contributed by atoms with van der Waals surface area (Å²) in [5.41, 5.74) is 1.14. The number of ether oxygens (including phenoxy) is 1. The van der Waals surface area contributed by atoms with E-state index < -0.39 is 0 Å². The number of rotatable bonds is 4. The summed E-state index contributed by atoms with van der Waals surface area (Å²) < 4.78 is 5.78. The molecular weight excluding hydrogens is 202 g/mol. The quantitative estimate of drug-likeness (QED) is 0.824. The van der Waals surface area contributed by atoms with Crippen molar-refractivity contribution in [1.82, 2.24) is 15.3 Å². The summed E-state index contributed by atoms with van der Waals surface area (Å²) in [5.74, 6) is 0.812. The van der Waals surface area contributed by atoms with Gasteiger partial charge in [-0.05, 0) is 25.2 Å². The van der Waals surface area contributed by atoms with Gasteiger partial charge in [0.25, 0.3) is 0 Å². The lowest BCUT2D eigenvalue weighted by Gasteiger charge is -2.19. The molecule has 16 heavy (non-hydrogen) atoms. The molecule has 1 saturated carbocycles. The minimum Gasteiger partial charge on any atom is -0.376 e. The number of nitrogens with one attached hydrogen (secondary N) is 1. The summed E-state index contributed by atoms with van der Waals surface area (Å²) >= 11 is 0. The minimum absolute atomic E-state index is 0.449. The number of nitrogens with zero attached hydrogens (tertiary/aromatic N) is 2. The van der Waals surface area contributed by atoms with Gasteiger partial charge in [0.05, 0.1) is 6.10 Å². The first-order valence-electron chi connectivity index (χ1n) is 6.02. The van der Waals surface area contributed by atoms with E-state index in [9.17, 15) is 0 Å². The van der Waals surface area contributed by atoms with Crippen molar-refractivity contribution < 1.29 is 4.74 Å². The molecule has 0 amide bonds. The van der Waals surface area contributed by atoms with Crippen LogP contribution in [0.5, 0.6) is 0 Å². The molecule has 1 aliphatic carbocycles. The normalized spacial score (nSPS) is 29.5. The predicted molar refractivity (Wildman–Crippen MR) is 59.7 cm³/mol.